The molecule has 0 bridgehead atoms. The number of rotatable bonds is 9. The highest BCUT2D eigenvalue weighted by Gasteiger charge is 2.29. The van der Waals surface area contributed by atoms with Gasteiger partial charge in [-0.15, -0.1) is 0 Å². The zero-order valence-corrected chi connectivity index (χ0v) is 12.8. The van der Waals surface area contributed by atoms with Gasteiger partial charge in [0.25, 0.3) is 0 Å². The van der Waals surface area contributed by atoms with E-state index < -0.39 is 23.8 Å². The normalized spacial score (nSPS) is 14.4. The molecule has 0 aromatic heterocycles. The van der Waals surface area contributed by atoms with Crippen LogP contribution in [-0.2, 0) is 28.6 Å². The molecule has 1 fully saturated rings. The number of ether oxygens (including phenoxy) is 3. The zero-order valence-electron chi connectivity index (χ0n) is 12.8. The van der Waals surface area contributed by atoms with E-state index in [1.165, 1.54) is 0 Å². The van der Waals surface area contributed by atoms with E-state index in [2.05, 4.69) is 0 Å². The summed E-state index contributed by atoms with van der Waals surface area (Å²) < 4.78 is 14.9. The Labute approximate surface area is 125 Å². The minimum atomic E-state index is -0.830. The summed E-state index contributed by atoms with van der Waals surface area (Å²) in [7, 11) is 0. The number of hydrogen-bond acceptors (Lipinski definition) is 6. The van der Waals surface area contributed by atoms with Crippen LogP contribution in [0.25, 0.3) is 0 Å². The van der Waals surface area contributed by atoms with Crippen LogP contribution in [0.3, 0.4) is 0 Å². The van der Waals surface area contributed by atoms with Crippen molar-refractivity contribution >= 4 is 17.9 Å². The van der Waals surface area contributed by atoms with Crippen LogP contribution in [0.1, 0.15) is 46.0 Å². The lowest BCUT2D eigenvalue weighted by atomic mass is 9.86. The Morgan fingerprint density at radius 2 is 1.48 bits per heavy atom. The number of hydrogen-bond donors (Lipinski definition) is 0. The summed E-state index contributed by atoms with van der Waals surface area (Å²) in [5, 5.41) is 0. The predicted molar refractivity (Wildman–Crippen MR) is 74.3 cm³/mol. The highest BCUT2D eigenvalue weighted by Crippen LogP contribution is 2.27. The van der Waals surface area contributed by atoms with E-state index in [1.54, 1.807) is 13.8 Å². The molecule has 0 aromatic rings. The summed E-state index contributed by atoms with van der Waals surface area (Å²) in [5.41, 5.74) is 0. The maximum atomic E-state index is 12.0. The van der Waals surface area contributed by atoms with Crippen LogP contribution < -0.4 is 0 Å². The van der Waals surface area contributed by atoms with Gasteiger partial charge in [0, 0.05) is 0 Å². The molecule has 6 heteroatoms. The number of carbonyl (C=O) groups excluding carboxylic acids is 3. The maximum absolute atomic E-state index is 12.0. The summed E-state index contributed by atoms with van der Waals surface area (Å²) in [6.07, 6.45) is 2.98. The molecule has 21 heavy (non-hydrogen) atoms. The Bertz CT molecular complexity index is 341. The van der Waals surface area contributed by atoms with Crippen LogP contribution in [0.4, 0.5) is 0 Å². The molecule has 1 rings (SSSR count). The first-order valence-electron chi connectivity index (χ1n) is 7.54. The van der Waals surface area contributed by atoms with E-state index in [1.807, 2.05) is 0 Å². The van der Waals surface area contributed by atoms with Crippen molar-refractivity contribution in [1.29, 1.82) is 0 Å². The van der Waals surface area contributed by atoms with Gasteiger partial charge in [0.1, 0.15) is 0 Å². The van der Waals surface area contributed by atoms with E-state index in [0.29, 0.717) is 12.5 Å². The lowest BCUT2D eigenvalue weighted by Gasteiger charge is -2.25. The fourth-order valence-corrected chi connectivity index (χ4v) is 2.06. The minimum absolute atomic E-state index is 0.157. The van der Waals surface area contributed by atoms with Crippen molar-refractivity contribution in [2.24, 2.45) is 11.8 Å². The Morgan fingerprint density at radius 3 is 1.86 bits per heavy atom. The molecule has 0 saturated heterocycles. The minimum Gasteiger partial charge on any atom is -0.466 e. The monoisotopic (exact) mass is 300 g/mol. The van der Waals surface area contributed by atoms with Gasteiger partial charge in [0.2, 0.25) is 0 Å². The molecule has 120 valence electrons. The van der Waals surface area contributed by atoms with Gasteiger partial charge < -0.3 is 14.2 Å². The average Bonchev–Trinajstić information content (AvgIpc) is 2.36. The van der Waals surface area contributed by atoms with Crippen molar-refractivity contribution in [3.63, 3.8) is 0 Å². The number of carbonyl (C=O) groups is 3. The molecule has 1 aliphatic rings. The molecule has 1 aliphatic carbocycles. The van der Waals surface area contributed by atoms with Crippen LogP contribution in [0.15, 0.2) is 0 Å². The molecule has 0 heterocycles. The molecule has 0 atom stereocenters. The first kappa shape index (κ1) is 17.5. The summed E-state index contributed by atoms with van der Waals surface area (Å²) in [6.45, 7) is 4.21. The van der Waals surface area contributed by atoms with Gasteiger partial charge in [-0.2, -0.15) is 0 Å². The molecule has 0 radical (unpaired) electrons. The second-order valence-electron chi connectivity index (χ2n) is 5.14. The van der Waals surface area contributed by atoms with Crippen LogP contribution in [0, 0.1) is 11.8 Å². The predicted octanol–water partition coefficient (Wildman–Crippen LogP) is 1.85. The van der Waals surface area contributed by atoms with E-state index in [9.17, 15) is 14.4 Å². The Kier molecular flexibility index (Phi) is 7.79. The smallest absolute Gasteiger partial charge is 0.310 e. The van der Waals surface area contributed by atoms with E-state index in [0.717, 1.165) is 19.3 Å². The third-order valence-corrected chi connectivity index (χ3v) is 3.46. The van der Waals surface area contributed by atoms with Gasteiger partial charge in [0.15, 0.2) is 0 Å². The zero-order chi connectivity index (χ0) is 15.7. The van der Waals surface area contributed by atoms with Crippen molar-refractivity contribution in [3.8, 4) is 0 Å². The highest BCUT2D eigenvalue weighted by atomic mass is 16.5. The largest absolute Gasteiger partial charge is 0.466 e. The van der Waals surface area contributed by atoms with Crippen molar-refractivity contribution in [2.45, 2.75) is 46.0 Å². The fraction of sp³-hybridized carbons (Fsp3) is 0.800. The van der Waals surface area contributed by atoms with Crippen molar-refractivity contribution in [1.82, 2.24) is 0 Å². The Morgan fingerprint density at radius 1 is 0.952 bits per heavy atom. The Hall–Kier alpha value is -1.59. The highest BCUT2D eigenvalue weighted by molar-refractivity contribution is 5.84. The topological polar surface area (TPSA) is 78.9 Å². The van der Waals surface area contributed by atoms with Gasteiger partial charge in [-0.05, 0) is 32.6 Å². The van der Waals surface area contributed by atoms with Crippen LogP contribution in [0.5, 0.6) is 0 Å². The molecule has 1 saturated carbocycles. The summed E-state index contributed by atoms with van der Waals surface area (Å²) >= 11 is 0. The molecule has 6 nitrogen and oxygen atoms in total. The molecule has 0 spiro atoms. The molecule has 0 amide bonds. The second kappa shape index (κ2) is 9.37. The van der Waals surface area contributed by atoms with E-state index >= 15 is 0 Å². The third-order valence-electron chi connectivity index (χ3n) is 3.46. The second-order valence-corrected chi connectivity index (χ2v) is 5.14. The average molecular weight is 300 g/mol. The van der Waals surface area contributed by atoms with Gasteiger partial charge >= 0.3 is 17.9 Å². The van der Waals surface area contributed by atoms with Gasteiger partial charge in [-0.25, -0.2) is 0 Å². The standard InChI is InChI=1S/C15H24O6/c1-3-19-13(16)8-12(9-14(17)20-4-2)15(18)21-10-11-6-5-7-11/h11-12H,3-10H2,1-2H3. The molecule has 0 N–H and O–H groups in total. The third kappa shape index (κ3) is 6.60. The number of esters is 3. The quantitative estimate of drug-likeness (QED) is 0.477. The van der Waals surface area contributed by atoms with E-state index in [-0.39, 0.29) is 26.1 Å². The summed E-state index contributed by atoms with van der Waals surface area (Å²) in [6, 6.07) is 0. The van der Waals surface area contributed by atoms with Crippen LogP contribution in [-0.4, -0.2) is 37.7 Å². The first-order chi connectivity index (χ1) is 10.1. The lowest BCUT2D eigenvalue weighted by Crippen LogP contribution is -2.28. The van der Waals surface area contributed by atoms with Crippen molar-refractivity contribution < 1.29 is 28.6 Å². The summed E-state index contributed by atoms with van der Waals surface area (Å²) in [4.78, 5) is 35.1. The fourth-order valence-electron chi connectivity index (χ4n) is 2.06. The van der Waals surface area contributed by atoms with E-state index in [4.69, 9.17) is 14.2 Å². The Balaban J connectivity index is 2.49. The molecular formula is C15H24O6. The maximum Gasteiger partial charge on any atom is 0.310 e. The lowest BCUT2D eigenvalue weighted by molar-refractivity contribution is -0.160. The summed E-state index contributed by atoms with van der Waals surface area (Å²) in [5.74, 6) is -1.95. The van der Waals surface area contributed by atoms with Gasteiger partial charge in [-0.1, -0.05) is 6.42 Å². The van der Waals surface area contributed by atoms with Crippen molar-refractivity contribution in [2.75, 3.05) is 19.8 Å². The molecule has 0 aromatic carbocycles. The SMILES string of the molecule is CCOC(=O)CC(CC(=O)OCC)C(=O)OCC1CCC1. The van der Waals surface area contributed by atoms with Crippen LogP contribution >= 0.6 is 0 Å². The first-order valence-corrected chi connectivity index (χ1v) is 7.54. The molecule has 0 unspecified atom stereocenters. The van der Waals surface area contributed by atoms with Crippen LogP contribution in [0.2, 0.25) is 0 Å². The van der Waals surface area contributed by atoms with Gasteiger partial charge in [-0.3, -0.25) is 14.4 Å². The molecule has 0 aliphatic heterocycles. The van der Waals surface area contributed by atoms with Gasteiger partial charge in [0.05, 0.1) is 38.6 Å². The van der Waals surface area contributed by atoms with Crippen molar-refractivity contribution in [3.05, 3.63) is 0 Å². The molecular weight excluding hydrogens is 276 g/mol.